The Labute approximate surface area is 192 Å². The van der Waals surface area contributed by atoms with Crippen molar-refractivity contribution in [1.29, 1.82) is 5.26 Å². The quantitative estimate of drug-likeness (QED) is 0.359. The maximum absolute atomic E-state index is 13.2. The second-order valence-electron chi connectivity index (χ2n) is 7.92. The molecule has 6 heteroatoms. The Morgan fingerprint density at radius 1 is 1.03 bits per heavy atom. The SMILES string of the molecule is COc1ccc(/C(O)=C2/C(=O)C(=O)N(c3ccc(C#N)cc3)C2c2cccc(C)c2)c(C)c1. The Kier molecular flexibility index (Phi) is 5.72. The molecule has 0 radical (unpaired) electrons. The van der Waals surface area contributed by atoms with Crippen LogP contribution in [0.15, 0.2) is 72.3 Å². The van der Waals surface area contributed by atoms with Crippen LogP contribution in [0.2, 0.25) is 0 Å². The molecular formula is C27H22N2O4. The number of ketones is 1. The lowest BCUT2D eigenvalue weighted by Gasteiger charge is -2.26. The third-order valence-corrected chi connectivity index (χ3v) is 5.77. The molecule has 4 rings (SSSR count). The zero-order valence-corrected chi connectivity index (χ0v) is 18.5. The highest BCUT2D eigenvalue weighted by Gasteiger charge is 2.47. The molecule has 3 aromatic rings. The van der Waals surface area contributed by atoms with Crippen LogP contribution in [-0.2, 0) is 9.59 Å². The lowest BCUT2D eigenvalue weighted by Crippen LogP contribution is -2.29. The molecule has 164 valence electrons. The minimum atomic E-state index is -0.820. The number of ether oxygens (including phenoxy) is 1. The highest BCUT2D eigenvalue weighted by atomic mass is 16.5. The van der Waals surface area contributed by atoms with Crippen molar-refractivity contribution in [2.45, 2.75) is 19.9 Å². The molecule has 1 heterocycles. The number of aliphatic hydroxyl groups is 1. The van der Waals surface area contributed by atoms with Gasteiger partial charge in [0, 0.05) is 11.3 Å². The number of hydrogen-bond donors (Lipinski definition) is 1. The lowest BCUT2D eigenvalue weighted by molar-refractivity contribution is -0.132. The number of methoxy groups -OCH3 is 1. The molecule has 1 aliphatic heterocycles. The number of aliphatic hydroxyl groups excluding tert-OH is 1. The first-order chi connectivity index (χ1) is 15.8. The maximum atomic E-state index is 13.2. The van der Waals surface area contributed by atoms with Crippen LogP contribution in [0.5, 0.6) is 5.75 Å². The monoisotopic (exact) mass is 438 g/mol. The second kappa shape index (κ2) is 8.64. The molecule has 0 bridgehead atoms. The van der Waals surface area contributed by atoms with Gasteiger partial charge in [0.25, 0.3) is 11.7 Å². The smallest absolute Gasteiger partial charge is 0.300 e. The molecule has 1 unspecified atom stereocenters. The summed E-state index contributed by atoms with van der Waals surface area (Å²) in [5, 5.41) is 20.4. The van der Waals surface area contributed by atoms with Gasteiger partial charge in [0.1, 0.15) is 11.5 Å². The lowest BCUT2D eigenvalue weighted by atomic mass is 9.93. The van der Waals surface area contributed by atoms with Gasteiger partial charge in [-0.2, -0.15) is 5.26 Å². The molecule has 1 fully saturated rings. The van der Waals surface area contributed by atoms with Crippen molar-refractivity contribution in [3.63, 3.8) is 0 Å². The van der Waals surface area contributed by atoms with Crippen LogP contribution in [0, 0.1) is 25.2 Å². The van der Waals surface area contributed by atoms with E-state index in [4.69, 9.17) is 10.00 Å². The summed E-state index contributed by atoms with van der Waals surface area (Å²) in [6.45, 7) is 3.72. The average molecular weight is 438 g/mol. The molecule has 0 spiro atoms. The average Bonchev–Trinajstić information content (AvgIpc) is 3.09. The van der Waals surface area contributed by atoms with Crippen LogP contribution in [0.4, 0.5) is 5.69 Å². The summed E-state index contributed by atoms with van der Waals surface area (Å²) in [6.07, 6.45) is 0. The van der Waals surface area contributed by atoms with E-state index in [0.29, 0.717) is 33.7 Å². The highest BCUT2D eigenvalue weighted by molar-refractivity contribution is 6.51. The normalized spacial score (nSPS) is 17.2. The third-order valence-electron chi connectivity index (χ3n) is 5.77. The minimum Gasteiger partial charge on any atom is -0.507 e. The molecule has 3 aromatic carbocycles. The molecule has 1 N–H and O–H groups in total. The number of amides is 1. The van der Waals surface area contributed by atoms with Crippen molar-refractivity contribution in [2.24, 2.45) is 0 Å². The number of anilines is 1. The number of hydrogen-bond acceptors (Lipinski definition) is 5. The zero-order valence-electron chi connectivity index (χ0n) is 18.5. The van der Waals surface area contributed by atoms with Crippen LogP contribution < -0.4 is 9.64 Å². The van der Waals surface area contributed by atoms with E-state index in [2.05, 4.69) is 0 Å². The maximum Gasteiger partial charge on any atom is 0.300 e. The second-order valence-corrected chi connectivity index (χ2v) is 7.92. The van der Waals surface area contributed by atoms with Gasteiger partial charge in [-0.05, 0) is 67.4 Å². The molecule has 0 saturated carbocycles. The van der Waals surface area contributed by atoms with E-state index >= 15 is 0 Å². The Morgan fingerprint density at radius 2 is 1.76 bits per heavy atom. The van der Waals surface area contributed by atoms with E-state index in [1.807, 2.05) is 37.3 Å². The van der Waals surface area contributed by atoms with E-state index in [9.17, 15) is 14.7 Å². The summed E-state index contributed by atoms with van der Waals surface area (Å²) >= 11 is 0. The Bertz CT molecular complexity index is 1330. The Hall–Kier alpha value is -4.37. The largest absolute Gasteiger partial charge is 0.507 e. The summed E-state index contributed by atoms with van der Waals surface area (Å²) in [5.41, 5.74) is 3.74. The van der Waals surface area contributed by atoms with E-state index in [1.165, 1.54) is 4.90 Å². The third kappa shape index (κ3) is 3.85. The zero-order chi connectivity index (χ0) is 23.7. The molecule has 1 atom stereocenters. The predicted molar refractivity (Wildman–Crippen MR) is 125 cm³/mol. The fourth-order valence-electron chi connectivity index (χ4n) is 4.12. The molecule has 1 amide bonds. The van der Waals surface area contributed by atoms with E-state index in [-0.39, 0.29) is 11.3 Å². The van der Waals surface area contributed by atoms with Crippen molar-refractivity contribution in [3.8, 4) is 11.8 Å². The molecule has 6 nitrogen and oxygen atoms in total. The predicted octanol–water partition coefficient (Wildman–Crippen LogP) is 4.81. The van der Waals surface area contributed by atoms with Crippen molar-refractivity contribution >= 4 is 23.1 Å². The standard InChI is InChI=1S/C27H22N2O4/c1-16-5-4-6-19(13-16)24-23(25(30)22-12-11-21(33-3)14-17(22)2)26(31)27(32)29(24)20-9-7-18(15-28)8-10-20/h4-14,24,30H,1-3H3/b25-23-. The van der Waals surface area contributed by atoms with Gasteiger partial charge in [0.15, 0.2) is 0 Å². The first-order valence-corrected chi connectivity index (χ1v) is 10.4. The summed E-state index contributed by atoms with van der Waals surface area (Å²) in [5.74, 6) is -1.12. The molecule has 0 aromatic heterocycles. The number of carbonyl (C=O) groups is 2. The van der Waals surface area contributed by atoms with Crippen LogP contribution in [-0.4, -0.2) is 23.9 Å². The molecule has 1 aliphatic rings. The summed E-state index contributed by atoms with van der Waals surface area (Å²) in [7, 11) is 1.55. The number of nitriles is 1. The number of carbonyl (C=O) groups excluding carboxylic acids is 2. The Morgan fingerprint density at radius 3 is 2.36 bits per heavy atom. The molecule has 1 saturated heterocycles. The van der Waals surface area contributed by atoms with Gasteiger partial charge in [-0.1, -0.05) is 29.8 Å². The van der Waals surface area contributed by atoms with Gasteiger partial charge < -0.3 is 9.84 Å². The summed E-state index contributed by atoms with van der Waals surface area (Å²) in [4.78, 5) is 27.8. The van der Waals surface area contributed by atoms with E-state index in [0.717, 1.165) is 5.56 Å². The van der Waals surface area contributed by atoms with Gasteiger partial charge in [0.2, 0.25) is 0 Å². The number of aryl methyl sites for hydroxylation is 2. The van der Waals surface area contributed by atoms with Gasteiger partial charge in [-0.3, -0.25) is 14.5 Å². The van der Waals surface area contributed by atoms with Gasteiger partial charge >= 0.3 is 0 Å². The fraction of sp³-hybridized carbons (Fsp3) is 0.148. The van der Waals surface area contributed by atoms with Gasteiger partial charge in [-0.25, -0.2) is 0 Å². The summed E-state index contributed by atoms with van der Waals surface area (Å²) in [6, 6.07) is 20.3. The molecule has 0 aliphatic carbocycles. The first-order valence-electron chi connectivity index (χ1n) is 10.4. The summed E-state index contributed by atoms with van der Waals surface area (Å²) < 4.78 is 5.24. The van der Waals surface area contributed by atoms with Gasteiger partial charge in [0.05, 0.1) is 30.4 Å². The van der Waals surface area contributed by atoms with Crippen LogP contribution in [0.25, 0.3) is 5.76 Å². The van der Waals surface area contributed by atoms with Crippen molar-refractivity contribution in [1.82, 2.24) is 0 Å². The number of nitrogens with zero attached hydrogens (tertiary/aromatic N) is 2. The van der Waals surface area contributed by atoms with Crippen LogP contribution in [0.3, 0.4) is 0 Å². The number of Topliss-reactive ketones (excluding diaryl/α,β-unsaturated/α-hetero) is 1. The van der Waals surface area contributed by atoms with Crippen LogP contribution in [0.1, 0.15) is 33.9 Å². The molecular weight excluding hydrogens is 416 g/mol. The van der Waals surface area contributed by atoms with Crippen molar-refractivity contribution in [2.75, 3.05) is 12.0 Å². The van der Waals surface area contributed by atoms with Crippen molar-refractivity contribution in [3.05, 3.63) is 100 Å². The van der Waals surface area contributed by atoms with E-state index < -0.39 is 17.7 Å². The highest BCUT2D eigenvalue weighted by Crippen LogP contribution is 2.42. The number of benzene rings is 3. The first kappa shape index (κ1) is 21.8. The molecule has 33 heavy (non-hydrogen) atoms. The Balaban J connectivity index is 1.95. The topological polar surface area (TPSA) is 90.6 Å². The fourth-order valence-corrected chi connectivity index (χ4v) is 4.12. The van der Waals surface area contributed by atoms with E-state index in [1.54, 1.807) is 56.5 Å². The number of rotatable bonds is 4. The van der Waals surface area contributed by atoms with Crippen LogP contribution >= 0.6 is 0 Å². The minimum absolute atomic E-state index is 0.0169. The van der Waals surface area contributed by atoms with Gasteiger partial charge in [-0.15, -0.1) is 0 Å². The van der Waals surface area contributed by atoms with Crippen molar-refractivity contribution < 1.29 is 19.4 Å².